The molecule has 0 spiro atoms. The summed E-state index contributed by atoms with van der Waals surface area (Å²) < 4.78 is 4.68. The van der Waals surface area contributed by atoms with Crippen molar-refractivity contribution in [2.75, 3.05) is 18.6 Å². The van der Waals surface area contributed by atoms with Crippen LogP contribution in [0.5, 0.6) is 0 Å². The van der Waals surface area contributed by atoms with Gasteiger partial charge in [0.1, 0.15) is 5.82 Å². The molecule has 5 heteroatoms. The Hall–Kier alpha value is -1.78. The number of nitrogens with zero attached hydrogens (tertiary/aromatic N) is 1. The zero-order valence-corrected chi connectivity index (χ0v) is 6.66. The maximum absolute atomic E-state index is 7.32. The summed E-state index contributed by atoms with van der Waals surface area (Å²) in [6, 6.07) is 1.55. The van der Waals surface area contributed by atoms with Gasteiger partial charge in [-0.25, -0.2) is 4.98 Å². The molecule has 1 aromatic rings. The Morgan fingerprint density at radius 1 is 1.58 bits per heavy atom. The number of hydrogen-bond acceptors (Lipinski definition) is 5. The minimum atomic E-state index is -0.0349. The fraction of sp³-hybridized carbons (Fsp3) is 0.143. The molecule has 12 heavy (non-hydrogen) atoms. The molecule has 1 rings (SSSR count). The summed E-state index contributed by atoms with van der Waals surface area (Å²) >= 11 is 0. The molecule has 5 N–H and O–H groups in total. The van der Waals surface area contributed by atoms with E-state index in [1.165, 1.54) is 13.3 Å². The quantitative estimate of drug-likeness (QED) is 0.410. The number of nitrogens with one attached hydrogen (secondary N) is 1. The zero-order valence-electron chi connectivity index (χ0n) is 6.66. The summed E-state index contributed by atoms with van der Waals surface area (Å²) in [5.41, 5.74) is 11.8. The first kappa shape index (κ1) is 8.32. The highest BCUT2D eigenvalue weighted by Gasteiger charge is 2.06. The Labute approximate surface area is 69.9 Å². The second-order valence-electron chi connectivity index (χ2n) is 2.23. The average Bonchev–Trinajstić information content (AvgIpc) is 2.08. The molecule has 0 bridgehead atoms. The van der Waals surface area contributed by atoms with E-state index in [1.54, 1.807) is 6.07 Å². The zero-order chi connectivity index (χ0) is 9.14. The van der Waals surface area contributed by atoms with Crippen LogP contribution in [0.4, 0.5) is 11.5 Å². The molecule has 0 saturated heterocycles. The number of nitrogen functional groups attached to an aromatic ring is 2. The van der Waals surface area contributed by atoms with E-state index in [1.807, 2.05) is 0 Å². The van der Waals surface area contributed by atoms with Crippen molar-refractivity contribution in [3.8, 4) is 0 Å². The molecule has 0 radical (unpaired) electrons. The Morgan fingerprint density at radius 3 is 2.83 bits per heavy atom. The van der Waals surface area contributed by atoms with E-state index in [2.05, 4.69) is 9.72 Å². The van der Waals surface area contributed by atoms with Gasteiger partial charge in [-0.1, -0.05) is 0 Å². The highest BCUT2D eigenvalue weighted by molar-refractivity contribution is 5.96. The van der Waals surface area contributed by atoms with Gasteiger partial charge in [0.2, 0.25) is 5.90 Å². The van der Waals surface area contributed by atoms with Crippen LogP contribution in [0.2, 0.25) is 0 Å². The SMILES string of the molecule is COC(=N)c1cc(N)cnc1N. The van der Waals surface area contributed by atoms with Crippen LogP contribution in [0.1, 0.15) is 5.56 Å². The van der Waals surface area contributed by atoms with Gasteiger partial charge >= 0.3 is 0 Å². The van der Waals surface area contributed by atoms with Gasteiger partial charge in [0.05, 0.1) is 24.6 Å². The normalized spacial score (nSPS) is 9.42. The molecule has 1 aromatic heterocycles. The first-order chi connectivity index (χ1) is 5.65. The predicted octanol–water partition coefficient (Wildman–Crippen LogP) is 0.218. The second kappa shape index (κ2) is 3.08. The summed E-state index contributed by atoms with van der Waals surface area (Å²) in [7, 11) is 1.39. The molecule has 0 atom stereocenters. The number of aromatic nitrogens is 1. The second-order valence-corrected chi connectivity index (χ2v) is 2.23. The Morgan fingerprint density at radius 2 is 2.25 bits per heavy atom. The van der Waals surface area contributed by atoms with E-state index in [4.69, 9.17) is 16.9 Å². The molecule has 64 valence electrons. The standard InChI is InChI=1S/C7H10N4O/c1-12-7(10)5-2-4(8)3-11-6(5)9/h2-3,10H,8H2,1H3,(H2,9,11). The van der Waals surface area contributed by atoms with Crippen molar-refractivity contribution in [1.29, 1.82) is 5.41 Å². The lowest BCUT2D eigenvalue weighted by Gasteiger charge is -2.05. The molecule has 0 aliphatic carbocycles. The third-order valence-electron chi connectivity index (χ3n) is 1.39. The van der Waals surface area contributed by atoms with E-state index in [9.17, 15) is 0 Å². The van der Waals surface area contributed by atoms with Crippen molar-refractivity contribution >= 4 is 17.4 Å². The molecule has 0 amide bonds. The van der Waals surface area contributed by atoms with Gasteiger partial charge in [0.25, 0.3) is 0 Å². The summed E-state index contributed by atoms with van der Waals surface area (Å²) in [6.45, 7) is 0. The third-order valence-corrected chi connectivity index (χ3v) is 1.39. The minimum absolute atomic E-state index is 0.0349. The number of rotatable bonds is 1. The minimum Gasteiger partial charge on any atom is -0.481 e. The van der Waals surface area contributed by atoms with Crippen LogP contribution in [0.15, 0.2) is 12.3 Å². The lowest BCUT2D eigenvalue weighted by atomic mass is 10.2. The molecular weight excluding hydrogens is 156 g/mol. The predicted molar refractivity (Wildman–Crippen MR) is 46.9 cm³/mol. The van der Waals surface area contributed by atoms with Crippen molar-refractivity contribution in [2.24, 2.45) is 0 Å². The highest BCUT2D eigenvalue weighted by atomic mass is 16.5. The monoisotopic (exact) mass is 166 g/mol. The molecule has 0 unspecified atom stereocenters. The molecule has 0 fully saturated rings. The van der Waals surface area contributed by atoms with Crippen LogP contribution in [0.25, 0.3) is 0 Å². The van der Waals surface area contributed by atoms with Crippen molar-refractivity contribution in [3.05, 3.63) is 17.8 Å². The van der Waals surface area contributed by atoms with Crippen LogP contribution in [-0.4, -0.2) is 18.0 Å². The Balaban J connectivity index is 3.13. The maximum Gasteiger partial charge on any atom is 0.216 e. The summed E-state index contributed by atoms with van der Waals surface area (Å²) in [4.78, 5) is 3.78. The van der Waals surface area contributed by atoms with Crippen LogP contribution in [-0.2, 0) is 4.74 Å². The highest BCUT2D eigenvalue weighted by Crippen LogP contribution is 2.12. The van der Waals surface area contributed by atoms with E-state index in [-0.39, 0.29) is 11.7 Å². The fourth-order valence-electron chi connectivity index (χ4n) is 0.783. The summed E-state index contributed by atoms with van der Waals surface area (Å²) in [6.07, 6.45) is 1.43. The first-order valence-electron chi connectivity index (χ1n) is 3.29. The molecular formula is C7H10N4O. The number of methoxy groups -OCH3 is 1. The topological polar surface area (TPSA) is 98.0 Å². The number of ether oxygens (including phenoxy) is 1. The fourth-order valence-corrected chi connectivity index (χ4v) is 0.783. The van der Waals surface area contributed by atoms with Gasteiger partial charge in [-0.05, 0) is 6.07 Å². The number of anilines is 2. The maximum atomic E-state index is 7.32. The molecule has 5 nitrogen and oxygen atoms in total. The van der Waals surface area contributed by atoms with Gasteiger partial charge in [-0.2, -0.15) is 0 Å². The van der Waals surface area contributed by atoms with Crippen molar-refractivity contribution < 1.29 is 4.74 Å². The van der Waals surface area contributed by atoms with Crippen LogP contribution in [0.3, 0.4) is 0 Å². The van der Waals surface area contributed by atoms with Crippen molar-refractivity contribution in [3.63, 3.8) is 0 Å². The van der Waals surface area contributed by atoms with E-state index >= 15 is 0 Å². The van der Waals surface area contributed by atoms with E-state index < -0.39 is 0 Å². The number of nitrogens with two attached hydrogens (primary N) is 2. The lowest BCUT2D eigenvalue weighted by Crippen LogP contribution is -2.07. The van der Waals surface area contributed by atoms with Gasteiger partial charge in [-0.15, -0.1) is 0 Å². The lowest BCUT2D eigenvalue weighted by molar-refractivity contribution is 0.401. The summed E-state index contributed by atoms with van der Waals surface area (Å²) in [5.74, 6) is 0.211. The summed E-state index contributed by atoms with van der Waals surface area (Å²) in [5, 5.41) is 7.32. The van der Waals surface area contributed by atoms with Gasteiger partial charge < -0.3 is 16.2 Å². The van der Waals surface area contributed by atoms with Crippen LogP contribution >= 0.6 is 0 Å². The van der Waals surface area contributed by atoms with Crippen LogP contribution < -0.4 is 11.5 Å². The molecule has 0 aliphatic rings. The molecule has 0 aromatic carbocycles. The number of hydrogen-bond donors (Lipinski definition) is 3. The molecule has 0 saturated carbocycles. The Kier molecular flexibility index (Phi) is 2.14. The van der Waals surface area contributed by atoms with E-state index in [0.29, 0.717) is 11.3 Å². The van der Waals surface area contributed by atoms with Crippen molar-refractivity contribution in [1.82, 2.24) is 4.98 Å². The first-order valence-corrected chi connectivity index (χ1v) is 3.29. The third kappa shape index (κ3) is 1.45. The van der Waals surface area contributed by atoms with Gasteiger partial charge in [0.15, 0.2) is 0 Å². The molecule has 0 aliphatic heterocycles. The number of pyridine rings is 1. The van der Waals surface area contributed by atoms with Gasteiger partial charge in [-0.3, -0.25) is 5.41 Å². The smallest absolute Gasteiger partial charge is 0.216 e. The molecule has 1 heterocycles. The van der Waals surface area contributed by atoms with E-state index in [0.717, 1.165) is 0 Å². The average molecular weight is 166 g/mol. The van der Waals surface area contributed by atoms with Crippen LogP contribution in [0, 0.1) is 5.41 Å². The van der Waals surface area contributed by atoms with Gasteiger partial charge in [0, 0.05) is 0 Å². The largest absolute Gasteiger partial charge is 0.481 e. The Bertz CT molecular complexity index is 310. The van der Waals surface area contributed by atoms with Crippen molar-refractivity contribution in [2.45, 2.75) is 0 Å².